The molecule has 0 atom stereocenters. The fourth-order valence-electron chi connectivity index (χ4n) is 1.51. The van der Waals surface area contributed by atoms with Crippen LogP contribution in [0.4, 0.5) is 0 Å². The third-order valence-electron chi connectivity index (χ3n) is 2.47. The summed E-state index contributed by atoms with van der Waals surface area (Å²) in [4.78, 5) is 1.84. The number of hydrogen-bond acceptors (Lipinski definition) is 4. The van der Waals surface area contributed by atoms with Crippen molar-refractivity contribution in [3.05, 3.63) is 35.5 Å². The van der Waals surface area contributed by atoms with Gasteiger partial charge >= 0.3 is 0 Å². The fraction of sp³-hybridized carbons (Fsp3) is 0.333. The summed E-state index contributed by atoms with van der Waals surface area (Å²) in [6.07, 6.45) is 0. The van der Waals surface area contributed by atoms with Crippen molar-refractivity contribution >= 4 is 11.8 Å². The van der Waals surface area contributed by atoms with Crippen LogP contribution in [0.15, 0.2) is 40.0 Å². The molecule has 0 saturated heterocycles. The Morgan fingerprint density at radius 1 is 1.33 bits per heavy atom. The minimum absolute atomic E-state index is 0.472. The molecule has 6 heteroatoms. The topological polar surface area (TPSA) is 57.4 Å². The van der Waals surface area contributed by atoms with E-state index < -0.39 is 0 Å². The van der Waals surface area contributed by atoms with Crippen molar-refractivity contribution < 1.29 is 14.4 Å². The lowest BCUT2D eigenvalue weighted by Gasteiger charge is -2.04. The first-order chi connectivity index (χ1) is 8.68. The van der Waals surface area contributed by atoms with Gasteiger partial charge in [-0.05, 0) is 4.90 Å². The van der Waals surface area contributed by atoms with Crippen molar-refractivity contribution in [2.24, 2.45) is 0 Å². The van der Waals surface area contributed by atoms with Crippen LogP contribution >= 0.6 is 11.8 Å². The maximum absolute atomic E-state index is 11.6. The zero-order valence-electron chi connectivity index (χ0n) is 10.4. The second kappa shape index (κ2) is 5.88. The van der Waals surface area contributed by atoms with E-state index in [0.717, 1.165) is 17.9 Å². The number of quaternary nitrogens is 1. The lowest BCUT2D eigenvalue weighted by atomic mass is 10.2. The van der Waals surface area contributed by atoms with Crippen LogP contribution in [0.3, 0.4) is 0 Å². The van der Waals surface area contributed by atoms with Crippen molar-refractivity contribution in [3.63, 3.8) is 0 Å². The van der Waals surface area contributed by atoms with E-state index in [9.17, 15) is 5.21 Å². The Hall–Kier alpha value is -1.53. The van der Waals surface area contributed by atoms with Crippen LogP contribution in [0.25, 0.3) is 11.3 Å². The predicted octanol–water partition coefficient (Wildman–Crippen LogP) is 0.212. The summed E-state index contributed by atoms with van der Waals surface area (Å²) in [6, 6.07) is 9.44. The van der Waals surface area contributed by atoms with Gasteiger partial charge in [0.05, 0.1) is 31.5 Å². The van der Waals surface area contributed by atoms with Gasteiger partial charge in [-0.2, -0.15) is 0 Å². The molecule has 0 aliphatic carbocycles. The maximum atomic E-state index is 11.6. The van der Waals surface area contributed by atoms with Crippen molar-refractivity contribution in [1.29, 1.82) is 0 Å². The summed E-state index contributed by atoms with van der Waals surface area (Å²) < 4.78 is 4.69. The SMILES string of the molecule is C[NH+](C)CCSc1no[n+]([O-])c1-c1ccccc1. The minimum Gasteiger partial charge on any atom is -0.359 e. The van der Waals surface area contributed by atoms with Crippen LogP contribution in [-0.2, 0) is 0 Å². The summed E-state index contributed by atoms with van der Waals surface area (Å²) in [5.41, 5.74) is 1.32. The van der Waals surface area contributed by atoms with Crippen LogP contribution in [0, 0.1) is 5.21 Å². The first kappa shape index (κ1) is 12.9. The number of rotatable bonds is 5. The number of nitrogens with one attached hydrogen (secondary N) is 1. The highest BCUT2D eigenvalue weighted by atomic mass is 32.2. The summed E-state index contributed by atoms with van der Waals surface area (Å²) >= 11 is 1.54. The highest BCUT2D eigenvalue weighted by Gasteiger charge is 2.21. The van der Waals surface area contributed by atoms with Gasteiger partial charge in [0.1, 0.15) is 0 Å². The van der Waals surface area contributed by atoms with Crippen LogP contribution in [0.5, 0.6) is 0 Å². The minimum atomic E-state index is 0.472. The van der Waals surface area contributed by atoms with Gasteiger partial charge in [-0.1, -0.05) is 42.1 Å². The fourth-order valence-corrected chi connectivity index (χ4v) is 2.63. The molecule has 0 bridgehead atoms. The van der Waals surface area contributed by atoms with E-state index in [1.54, 1.807) is 11.8 Å². The molecule has 2 rings (SSSR count). The van der Waals surface area contributed by atoms with Crippen molar-refractivity contribution in [1.82, 2.24) is 5.16 Å². The van der Waals surface area contributed by atoms with Crippen molar-refractivity contribution in [3.8, 4) is 11.3 Å². The first-order valence-electron chi connectivity index (χ1n) is 5.75. The third kappa shape index (κ3) is 3.02. The molecule has 1 N–H and O–H groups in total. The van der Waals surface area contributed by atoms with Gasteiger partial charge in [0.25, 0.3) is 5.03 Å². The molecule has 0 aliphatic rings. The van der Waals surface area contributed by atoms with E-state index in [4.69, 9.17) is 4.63 Å². The maximum Gasteiger partial charge on any atom is 0.282 e. The molecule has 0 fully saturated rings. The molecule has 96 valence electrons. The highest BCUT2D eigenvalue weighted by molar-refractivity contribution is 7.99. The molecule has 0 radical (unpaired) electrons. The quantitative estimate of drug-likeness (QED) is 0.621. The van der Waals surface area contributed by atoms with Crippen LogP contribution in [0.1, 0.15) is 0 Å². The van der Waals surface area contributed by atoms with Gasteiger partial charge < -0.3 is 10.1 Å². The van der Waals surface area contributed by atoms with Gasteiger partial charge in [-0.15, -0.1) is 0 Å². The molecule has 0 amide bonds. The van der Waals surface area contributed by atoms with E-state index >= 15 is 0 Å². The van der Waals surface area contributed by atoms with Gasteiger partial charge in [-0.3, -0.25) is 4.63 Å². The Kier molecular flexibility index (Phi) is 4.22. The average Bonchev–Trinajstić information content (AvgIpc) is 2.71. The summed E-state index contributed by atoms with van der Waals surface area (Å²) in [7, 11) is 4.19. The Morgan fingerprint density at radius 2 is 2.06 bits per heavy atom. The van der Waals surface area contributed by atoms with Crippen molar-refractivity contribution in [2.75, 3.05) is 26.4 Å². The first-order valence-corrected chi connectivity index (χ1v) is 6.74. The molecule has 2 aromatic rings. The number of benzene rings is 1. The predicted molar refractivity (Wildman–Crippen MR) is 69.3 cm³/mol. The van der Waals surface area contributed by atoms with Gasteiger partial charge in [0.2, 0.25) is 5.69 Å². The Morgan fingerprint density at radius 3 is 2.72 bits per heavy atom. The highest BCUT2D eigenvalue weighted by Crippen LogP contribution is 2.26. The zero-order chi connectivity index (χ0) is 13.0. The standard InChI is InChI=1S/C12H15N3O2S/c1-14(2)8-9-18-12-11(15(16)17-13-12)10-6-4-3-5-7-10/h3-7H,8-9H2,1-2H3/p+1. The molecule has 0 spiro atoms. The number of aromatic nitrogens is 2. The molecule has 18 heavy (non-hydrogen) atoms. The third-order valence-corrected chi connectivity index (χ3v) is 3.42. The van der Waals surface area contributed by atoms with Crippen LogP contribution < -0.4 is 9.80 Å². The Bertz CT molecular complexity index is 499. The molecule has 5 nitrogen and oxygen atoms in total. The molecule has 1 aromatic carbocycles. The lowest BCUT2D eigenvalue weighted by molar-refractivity contribution is -0.855. The van der Waals surface area contributed by atoms with Gasteiger partial charge in [0, 0.05) is 5.56 Å². The molecule has 0 aliphatic heterocycles. The smallest absolute Gasteiger partial charge is 0.282 e. The molecule has 1 heterocycles. The Labute approximate surface area is 110 Å². The Balaban J connectivity index is 2.17. The number of hydrogen-bond donors (Lipinski definition) is 1. The van der Waals surface area contributed by atoms with Crippen molar-refractivity contribution in [2.45, 2.75) is 5.03 Å². The van der Waals surface area contributed by atoms with Gasteiger partial charge in [-0.25, -0.2) is 0 Å². The summed E-state index contributed by atoms with van der Waals surface area (Å²) in [6.45, 7) is 1.00. The molecule has 1 aromatic heterocycles. The second-order valence-corrected chi connectivity index (χ2v) is 5.34. The molecular weight excluding hydrogens is 250 g/mol. The molecular formula is C12H16N3O2S+. The summed E-state index contributed by atoms with van der Waals surface area (Å²) in [5, 5.41) is 16.1. The number of thioether (sulfide) groups is 1. The van der Waals surface area contributed by atoms with E-state index in [2.05, 4.69) is 19.3 Å². The largest absolute Gasteiger partial charge is 0.359 e. The van der Waals surface area contributed by atoms with E-state index in [1.165, 1.54) is 4.90 Å². The van der Waals surface area contributed by atoms with Gasteiger partial charge in [0.15, 0.2) is 0 Å². The summed E-state index contributed by atoms with van der Waals surface area (Å²) in [5.74, 6) is 0.898. The second-order valence-electron chi connectivity index (χ2n) is 4.26. The van der Waals surface area contributed by atoms with Crippen LogP contribution in [0.2, 0.25) is 0 Å². The number of nitrogens with zero attached hydrogens (tertiary/aromatic N) is 2. The average molecular weight is 266 g/mol. The van der Waals surface area contributed by atoms with E-state index in [-0.39, 0.29) is 0 Å². The monoisotopic (exact) mass is 266 g/mol. The zero-order valence-corrected chi connectivity index (χ0v) is 11.2. The molecule has 0 unspecified atom stereocenters. The lowest BCUT2D eigenvalue weighted by Crippen LogP contribution is -3.06. The molecule has 0 saturated carbocycles. The van der Waals surface area contributed by atoms with E-state index in [1.807, 2.05) is 30.3 Å². The van der Waals surface area contributed by atoms with E-state index in [0.29, 0.717) is 15.6 Å². The normalized spacial score (nSPS) is 11.1. The van der Waals surface area contributed by atoms with Crippen LogP contribution in [-0.4, -0.2) is 31.5 Å².